The van der Waals surface area contributed by atoms with E-state index in [-0.39, 0.29) is 36.2 Å². The van der Waals surface area contributed by atoms with Crippen LogP contribution in [0.25, 0.3) is 44.5 Å². The molecule has 5 fully saturated rings. The largest absolute Gasteiger partial charge is 0.453 e. The molecule has 11 rings (SSSR count). The molecule has 6 heterocycles. The van der Waals surface area contributed by atoms with Gasteiger partial charge in [-0.15, -0.1) is 0 Å². The van der Waals surface area contributed by atoms with Crippen molar-refractivity contribution < 1.29 is 38.1 Å². The summed E-state index contributed by atoms with van der Waals surface area (Å²) >= 11 is 0. The number of H-pyrrole nitrogens is 2. The summed E-state index contributed by atoms with van der Waals surface area (Å²) in [5.41, 5.74) is 10.3. The number of likely N-dealkylation sites (tertiary alicyclic amines) is 2. The van der Waals surface area contributed by atoms with E-state index in [4.69, 9.17) is 28.9 Å². The van der Waals surface area contributed by atoms with Crippen LogP contribution in [-0.4, -0.2) is 123 Å². The average molecular weight is 925 g/mol. The highest BCUT2D eigenvalue weighted by Gasteiger charge is 2.67. The molecule has 0 radical (unpaired) electrons. The second-order valence-corrected chi connectivity index (χ2v) is 20.3. The molecule has 0 bridgehead atoms. The molecule has 2 aromatic heterocycles. The summed E-state index contributed by atoms with van der Waals surface area (Å²) in [7, 11) is 2.64. The third-order valence-corrected chi connectivity index (χ3v) is 15.9. The number of imidazole rings is 2. The van der Waals surface area contributed by atoms with Gasteiger partial charge in [0.2, 0.25) is 5.91 Å². The fraction of sp³-hybridized carbons (Fsp3) is 0.500. The highest BCUT2D eigenvalue weighted by Crippen LogP contribution is 2.56. The van der Waals surface area contributed by atoms with Crippen molar-refractivity contribution in [3.63, 3.8) is 0 Å². The number of alkyl carbamates (subject to hydrolysis) is 1. The Morgan fingerprint density at radius 3 is 2.28 bits per heavy atom. The van der Waals surface area contributed by atoms with E-state index < -0.39 is 35.6 Å². The van der Waals surface area contributed by atoms with Crippen molar-refractivity contribution in [3.8, 4) is 33.5 Å². The fourth-order valence-electron chi connectivity index (χ4n) is 12.0. The number of rotatable bonds is 10. The van der Waals surface area contributed by atoms with E-state index >= 15 is 0 Å². The number of benzene rings is 3. The van der Waals surface area contributed by atoms with Crippen LogP contribution in [0.3, 0.4) is 0 Å². The maximum Gasteiger partial charge on any atom is 0.410 e. The minimum absolute atomic E-state index is 0.110. The van der Waals surface area contributed by atoms with Crippen molar-refractivity contribution >= 4 is 35.0 Å². The van der Waals surface area contributed by atoms with Crippen LogP contribution in [-0.2, 0) is 35.0 Å². The number of fused-ring (bicyclic) bond motifs is 4. The van der Waals surface area contributed by atoms with E-state index in [9.17, 15) is 19.2 Å². The van der Waals surface area contributed by atoms with Gasteiger partial charge in [-0.3, -0.25) is 14.5 Å². The quantitative estimate of drug-likeness (QED) is 0.117. The van der Waals surface area contributed by atoms with Crippen molar-refractivity contribution in [2.24, 2.45) is 17.8 Å². The van der Waals surface area contributed by atoms with Gasteiger partial charge in [-0.1, -0.05) is 70.2 Å². The number of aromatic nitrogens is 4. The summed E-state index contributed by atoms with van der Waals surface area (Å²) in [5, 5.41) is 2.74. The van der Waals surface area contributed by atoms with Crippen LogP contribution < -0.4 is 5.32 Å². The number of nitrogens with one attached hydrogen (secondary N) is 3. The zero-order valence-corrected chi connectivity index (χ0v) is 39.6. The first-order valence-electron chi connectivity index (χ1n) is 24.2. The second kappa shape index (κ2) is 16.8. The number of hydrogen-bond acceptors (Lipinski definition) is 10. The van der Waals surface area contributed by atoms with Crippen LogP contribution in [0.1, 0.15) is 101 Å². The number of carbonyl (C=O) groups excluding carboxylic acids is 4. The van der Waals surface area contributed by atoms with Crippen molar-refractivity contribution in [3.05, 3.63) is 83.6 Å². The summed E-state index contributed by atoms with van der Waals surface area (Å²) in [6.45, 7) is 9.80. The van der Waals surface area contributed by atoms with Gasteiger partial charge in [0.15, 0.2) is 5.79 Å². The second-order valence-electron chi connectivity index (χ2n) is 20.3. The number of ether oxygens (including phenoxy) is 4. The van der Waals surface area contributed by atoms with E-state index in [1.54, 1.807) is 4.90 Å². The van der Waals surface area contributed by atoms with Crippen molar-refractivity contribution in [2.75, 3.05) is 47.1 Å². The predicted octanol–water partition coefficient (Wildman–Crippen LogP) is 7.87. The number of nitrogens with zero attached hydrogens (tertiary/aromatic N) is 5. The summed E-state index contributed by atoms with van der Waals surface area (Å²) in [6.07, 6.45) is 6.24. The zero-order chi connectivity index (χ0) is 47.2. The molecule has 16 heteroatoms. The Kier molecular flexibility index (Phi) is 10.9. The Morgan fingerprint density at radius 2 is 1.57 bits per heavy atom. The Bertz CT molecular complexity index is 2810. The lowest BCUT2D eigenvalue weighted by Crippen LogP contribution is -2.51. The first kappa shape index (κ1) is 44.3. The van der Waals surface area contributed by atoms with Crippen LogP contribution in [0.15, 0.2) is 60.8 Å². The number of hydrogen-bond donors (Lipinski definition) is 3. The van der Waals surface area contributed by atoms with E-state index in [1.165, 1.54) is 59.8 Å². The highest BCUT2D eigenvalue weighted by atomic mass is 16.7. The third kappa shape index (κ3) is 7.15. The first-order chi connectivity index (χ1) is 32.8. The molecule has 68 heavy (non-hydrogen) atoms. The molecule has 356 valence electrons. The zero-order valence-electron chi connectivity index (χ0n) is 39.6. The molecule has 4 amide bonds. The molecule has 3 N–H and O–H groups in total. The van der Waals surface area contributed by atoms with Gasteiger partial charge in [0.05, 0.1) is 75.5 Å². The summed E-state index contributed by atoms with van der Waals surface area (Å²) in [5.74, 6) is 1.14. The monoisotopic (exact) mass is 924 g/mol. The van der Waals surface area contributed by atoms with Crippen molar-refractivity contribution in [1.29, 1.82) is 0 Å². The van der Waals surface area contributed by atoms with Crippen molar-refractivity contribution in [1.82, 2.24) is 40.0 Å². The minimum Gasteiger partial charge on any atom is -0.453 e. The molecular weight excluding hydrogens is 865 g/mol. The first-order valence-corrected chi connectivity index (χ1v) is 24.2. The average Bonchev–Trinajstić information content (AvgIpc) is 4.06. The molecule has 1 saturated carbocycles. The van der Waals surface area contributed by atoms with Crippen LogP contribution in [0.5, 0.6) is 0 Å². The standard InChI is InChI=1S/C52H60N8O8/c1-28(2)44(57-49(63)65-5)47(61)58-19-7-8-41(58)46-54-38-18-14-33(23-39(38)55-46)34-16-17-35(43-36-15-13-32(36)22-37(34)43)30-9-11-31(12-10-30)40-25-53-45(56-40)42-24-51(67-20-21-68-51)26-59(42)48(62)52(29(3)4)27-60(52)50(64)66-6/h9-12,14,16-18,23,25,28-29,32,36,41-42,44H,7-8,13,15,19-22,24,26-27H2,1-6H3,(H,53,56)(H,54,55)(H,57,63)/t32?,36?,41-,42-,44-,52?,60?/m0/s1. The highest BCUT2D eigenvalue weighted by molar-refractivity contribution is 5.96. The predicted molar refractivity (Wildman–Crippen MR) is 252 cm³/mol. The summed E-state index contributed by atoms with van der Waals surface area (Å²) in [6, 6.07) is 18.3. The SMILES string of the molecule is COC(=O)N[C@H](C(=O)N1CCC[C@H]1c1nc2ccc(-c3ccc(-c4ccc(-c5cnc([C@@H]6CC7(CN6C(=O)C6(C(C)C)CN6C(=O)OC)OCCO7)[nH]5)cc4)c4c3CC3CCC43)cc2[nH]1)C(C)C. The Morgan fingerprint density at radius 1 is 0.824 bits per heavy atom. The molecule has 5 aromatic rings. The van der Waals surface area contributed by atoms with Gasteiger partial charge in [0.25, 0.3) is 5.91 Å². The molecule has 6 aliphatic rings. The molecule has 2 aliphatic carbocycles. The number of methoxy groups -OCH3 is 2. The van der Waals surface area contributed by atoms with Crippen molar-refractivity contribution in [2.45, 2.75) is 102 Å². The lowest BCUT2D eigenvalue weighted by molar-refractivity contribution is -0.154. The lowest BCUT2D eigenvalue weighted by Gasteiger charge is -2.31. The van der Waals surface area contributed by atoms with Gasteiger partial charge in [0.1, 0.15) is 23.2 Å². The van der Waals surface area contributed by atoms with E-state index in [1.807, 2.05) is 38.8 Å². The molecule has 16 nitrogen and oxygen atoms in total. The Hall–Kier alpha value is -6.26. The maximum absolute atomic E-state index is 14.5. The number of amides is 4. The van der Waals surface area contributed by atoms with E-state index in [0.29, 0.717) is 50.4 Å². The molecular formula is C52H60N8O8. The van der Waals surface area contributed by atoms with Gasteiger partial charge in [-0.2, -0.15) is 0 Å². The number of carbonyl (C=O) groups is 4. The molecule has 4 aliphatic heterocycles. The van der Waals surface area contributed by atoms with Gasteiger partial charge >= 0.3 is 12.2 Å². The maximum atomic E-state index is 14.5. The summed E-state index contributed by atoms with van der Waals surface area (Å²) < 4.78 is 22.1. The minimum atomic E-state index is -0.997. The molecule has 4 saturated heterocycles. The van der Waals surface area contributed by atoms with E-state index in [2.05, 4.69) is 69.9 Å². The molecule has 1 spiro atoms. The summed E-state index contributed by atoms with van der Waals surface area (Å²) in [4.78, 5) is 75.2. The van der Waals surface area contributed by atoms with Crippen LogP contribution in [0.2, 0.25) is 0 Å². The molecule has 3 unspecified atom stereocenters. The molecule has 3 aromatic carbocycles. The fourth-order valence-corrected chi connectivity index (χ4v) is 12.0. The van der Waals surface area contributed by atoms with Crippen LogP contribution in [0, 0.1) is 17.8 Å². The Balaban J connectivity index is 0.845. The third-order valence-electron chi connectivity index (χ3n) is 15.9. The normalized spacial score (nSPS) is 25.0. The van der Waals surface area contributed by atoms with Gasteiger partial charge in [-0.25, -0.2) is 19.6 Å². The smallest absolute Gasteiger partial charge is 0.410 e. The topological polar surface area (TPSA) is 184 Å². The van der Waals surface area contributed by atoms with Gasteiger partial charge in [-0.05, 0) is 107 Å². The lowest BCUT2D eigenvalue weighted by atomic mass is 9.73. The Labute approximate surface area is 395 Å². The molecule has 6 atom stereocenters. The van der Waals surface area contributed by atoms with Gasteiger partial charge in [0, 0.05) is 13.0 Å². The number of aromatic amines is 2. The van der Waals surface area contributed by atoms with Crippen LogP contribution in [0.4, 0.5) is 9.59 Å². The van der Waals surface area contributed by atoms with Gasteiger partial charge < -0.3 is 44.0 Å². The van der Waals surface area contributed by atoms with E-state index in [0.717, 1.165) is 52.9 Å². The van der Waals surface area contributed by atoms with Crippen LogP contribution >= 0.6 is 0 Å².